The summed E-state index contributed by atoms with van der Waals surface area (Å²) in [4.78, 5) is 8.57. The van der Waals surface area contributed by atoms with Gasteiger partial charge in [0.2, 0.25) is 5.88 Å². The van der Waals surface area contributed by atoms with Crippen molar-refractivity contribution in [1.82, 2.24) is 14.3 Å². The molecule has 7 nitrogen and oxygen atoms in total. The molecular weight excluding hydrogens is 348 g/mol. The van der Waals surface area contributed by atoms with E-state index in [0.717, 1.165) is 22.3 Å². The number of methoxy groups -OCH3 is 1. The Morgan fingerprint density at radius 1 is 1.17 bits per heavy atom. The van der Waals surface area contributed by atoms with E-state index in [4.69, 9.17) is 4.74 Å². The van der Waals surface area contributed by atoms with Crippen LogP contribution in [0.2, 0.25) is 0 Å². The van der Waals surface area contributed by atoms with Crippen LogP contribution in [0.3, 0.4) is 0 Å². The van der Waals surface area contributed by atoms with E-state index in [-0.39, 0.29) is 10.9 Å². The Hall–Kier alpha value is -2.52. The zero-order chi connectivity index (χ0) is 17.2. The van der Waals surface area contributed by atoms with E-state index < -0.39 is 10.0 Å². The highest BCUT2D eigenvalue weighted by molar-refractivity contribution is 7.92. The van der Waals surface area contributed by atoms with Crippen molar-refractivity contribution < 1.29 is 13.2 Å². The van der Waals surface area contributed by atoms with E-state index in [0.29, 0.717) is 5.69 Å². The van der Waals surface area contributed by atoms with Crippen LogP contribution in [-0.2, 0) is 10.0 Å². The molecule has 0 bridgehead atoms. The summed E-state index contributed by atoms with van der Waals surface area (Å²) in [6, 6.07) is 8.63. The molecule has 124 valence electrons. The lowest BCUT2D eigenvalue weighted by Crippen LogP contribution is -2.15. The Bertz CT molecular complexity index is 957. The van der Waals surface area contributed by atoms with Gasteiger partial charge in [0.25, 0.3) is 10.0 Å². The molecule has 0 radical (unpaired) electrons. The van der Waals surface area contributed by atoms with Crippen LogP contribution in [0.25, 0.3) is 10.4 Å². The Morgan fingerprint density at radius 2 is 2.00 bits per heavy atom. The molecule has 9 heteroatoms. The molecule has 0 spiro atoms. The zero-order valence-electron chi connectivity index (χ0n) is 12.9. The predicted molar refractivity (Wildman–Crippen MR) is 91.7 cm³/mol. The summed E-state index contributed by atoms with van der Waals surface area (Å²) in [5, 5.41) is -0.157. The highest BCUT2D eigenvalue weighted by Gasteiger charge is 2.18. The number of hydrogen-bond acceptors (Lipinski definition) is 7. The Kier molecular flexibility index (Phi) is 4.45. The van der Waals surface area contributed by atoms with E-state index in [1.165, 1.54) is 24.7 Å². The lowest BCUT2D eigenvalue weighted by molar-refractivity contribution is 0.394. The number of ether oxygens (including phenoxy) is 1. The van der Waals surface area contributed by atoms with Gasteiger partial charge in [0.15, 0.2) is 5.03 Å². The highest BCUT2D eigenvalue weighted by Crippen LogP contribution is 2.28. The van der Waals surface area contributed by atoms with E-state index in [1.54, 1.807) is 18.3 Å². The van der Waals surface area contributed by atoms with Crippen LogP contribution in [0.4, 0.5) is 5.69 Å². The minimum atomic E-state index is -3.84. The molecule has 0 atom stereocenters. The molecule has 1 N–H and O–H groups in total. The Balaban J connectivity index is 1.95. The quantitative estimate of drug-likeness (QED) is 0.701. The number of rotatable bonds is 5. The molecule has 0 saturated carbocycles. The summed E-state index contributed by atoms with van der Waals surface area (Å²) in [6.45, 7) is 1.90. The number of anilines is 1. The van der Waals surface area contributed by atoms with Gasteiger partial charge in [-0.3, -0.25) is 4.72 Å². The topological polar surface area (TPSA) is 94.1 Å². The third kappa shape index (κ3) is 3.52. The minimum Gasteiger partial charge on any atom is -0.481 e. The smallest absolute Gasteiger partial charge is 0.279 e. The molecule has 2 aromatic heterocycles. The van der Waals surface area contributed by atoms with Crippen molar-refractivity contribution in [3.05, 3.63) is 48.4 Å². The second-order valence-electron chi connectivity index (χ2n) is 4.97. The average molecular weight is 362 g/mol. The minimum absolute atomic E-state index is 0.157. The number of sulfonamides is 1. The van der Waals surface area contributed by atoms with Gasteiger partial charge in [-0.05, 0) is 47.8 Å². The van der Waals surface area contributed by atoms with Crippen LogP contribution < -0.4 is 9.46 Å². The number of hydrogen-bond donors (Lipinski definition) is 1. The summed E-state index contributed by atoms with van der Waals surface area (Å²) >= 11 is 1.35. The summed E-state index contributed by atoms with van der Waals surface area (Å²) in [5.41, 5.74) is 2.28. The maximum atomic E-state index is 12.5. The second kappa shape index (κ2) is 6.54. The fourth-order valence-corrected chi connectivity index (χ4v) is 3.69. The lowest BCUT2D eigenvalue weighted by atomic mass is 10.1. The van der Waals surface area contributed by atoms with Crippen molar-refractivity contribution >= 4 is 27.2 Å². The van der Waals surface area contributed by atoms with Gasteiger partial charge in [-0.25, -0.2) is 14.3 Å². The van der Waals surface area contributed by atoms with Crippen LogP contribution in [0, 0.1) is 6.92 Å². The first-order valence-electron chi connectivity index (χ1n) is 6.89. The predicted octanol–water partition coefficient (Wildman–Crippen LogP) is 2.72. The molecule has 0 aliphatic heterocycles. The zero-order valence-corrected chi connectivity index (χ0v) is 14.6. The normalized spacial score (nSPS) is 11.2. The fourth-order valence-electron chi connectivity index (χ4n) is 2.14. The molecule has 24 heavy (non-hydrogen) atoms. The number of aromatic nitrogens is 3. The maximum Gasteiger partial charge on any atom is 0.279 e. The SMILES string of the molecule is COc1cc(S(=O)(=O)Nc2cc(C)cc(-c3ccns3)c2)ncn1. The molecule has 3 rings (SSSR count). The van der Waals surface area contributed by atoms with E-state index >= 15 is 0 Å². The van der Waals surface area contributed by atoms with Gasteiger partial charge < -0.3 is 4.74 Å². The first-order valence-corrected chi connectivity index (χ1v) is 9.15. The second-order valence-corrected chi connectivity index (χ2v) is 7.43. The van der Waals surface area contributed by atoms with Gasteiger partial charge >= 0.3 is 0 Å². The van der Waals surface area contributed by atoms with Gasteiger partial charge in [-0.2, -0.15) is 8.42 Å². The molecule has 0 aliphatic rings. The lowest BCUT2D eigenvalue weighted by Gasteiger charge is -2.10. The van der Waals surface area contributed by atoms with Crippen LogP contribution in [0.15, 0.2) is 47.9 Å². The molecule has 0 saturated heterocycles. The van der Waals surface area contributed by atoms with E-state index in [1.807, 2.05) is 19.1 Å². The summed E-state index contributed by atoms with van der Waals surface area (Å²) in [5.74, 6) is 0.181. The number of nitrogens with zero attached hydrogens (tertiary/aromatic N) is 3. The number of benzene rings is 1. The van der Waals surface area contributed by atoms with E-state index in [9.17, 15) is 8.42 Å². The van der Waals surface area contributed by atoms with Gasteiger partial charge in [-0.1, -0.05) is 6.07 Å². The molecule has 3 aromatic rings. The van der Waals surface area contributed by atoms with Crippen molar-refractivity contribution in [1.29, 1.82) is 0 Å². The van der Waals surface area contributed by atoms with Gasteiger partial charge in [-0.15, -0.1) is 0 Å². The molecule has 0 fully saturated rings. The third-order valence-corrected chi connectivity index (χ3v) is 5.23. The van der Waals surface area contributed by atoms with Crippen LogP contribution >= 0.6 is 11.5 Å². The monoisotopic (exact) mass is 362 g/mol. The first-order chi connectivity index (χ1) is 11.5. The van der Waals surface area contributed by atoms with Crippen molar-refractivity contribution in [3.8, 4) is 16.3 Å². The van der Waals surface area contributed by atoms with Crippen molar-refractivity contribution in [3.63, 3.8) is 0 Å². The number of aryl methyl sites for hydroxylation is 1. The molecule has 0 aliphatic carbocycles. The van der Waals surface area contributed by atoms with E-state index in [2.05, 4.69) is 19.1 Å². The fraction of sp³-hybridized carbons (Fsp3) is 0.133. The summed E-state index contributed by atoms with van der Waals surface area (Å²) in [7, 11) is -2.43. The largest absolute Gasteiger partial charge is 0.481 e. The Morgan fingerprint density at radius 3 is 2.71 bits per heavy atom. The molecule has 2 heterocycles. The molecule has 0 unspecified atom stereocenters. The van der Waals surface area contributed by atoms with Crippen LogP contribution in [0.5, 0.6) is 5.88 Å². The molecule has 0 amide bonds. The van der Waals surface area contributed by atoms with Crippen molar-refractivity contribution in [2.75, 3.05) is 11.8 Å². The Labute approximate surface area is 143 Å². The first kappa shape index (κ1) is 16.3. The van der Waals surface area contributed by atoms with Gasteiger partial charge in [0.1, 0.15) is 6.33 Å². The molecular formula is C15H14N4O3S2. The highest BCUT2D eigenvalue weighted by atomic mass is 32.2. The van der Waals surface area contributed by atoms with Gasteiger partial charge in [0.05, 0.1) is 12.0 Å². The summed E-state index contributed by atoms with van der Waals surface area (Å²) < 4.78 is 36.6. The standard InChI is InChI=1S/C15H14N4O3S2/c1-10-5-11(13-3-4-18-23-13)7-12(6-10)19-24(20,21)15-8-14(22-2)16-9-17-15/h3-9,19H,1-2H3. The third-order valence-electron chi connectivity index (χ3n) is 3.15. The van der Waals surface area contributed by atoms with Crippen LogP contribution in [0.1, 0.15) is 5.56 Å². The van der Waals surface area contributed by atoms with Crippen LogP contribution in [-0.4, -0.2) is 29.9 Å². The van der Waals surface area contributed by atoms with Crippen molar-refractivity contribution in [2.24, 2.45) is 0 Å². The average Bonchev–Trinajstić information content (AvgIpc) is 3.08. The number of nitrogens with one attached hydrogen (secondary N) is 1. The summed E-state index contributed by atoms with van der Waals surface area (Å²) in [6.07, 6.45) is 2.85. The molecule has 1 aromatic carbocycles. The maximum absolute atomic E-state index is 12.5. The van der Waals surface area contributed by atoms with Gasteiger partial charge in [0, 0.05) is 18.0 Å². The van der Waals surface area contributed by atoms with Crippen molar-refractivity contribution in [2.45, 2.75) is 11.9 Å².